The molecule has 0 atom stereocenters. The molecule has 108 valence electrons. The molecule has 5 nitrogen and oxygen atoms in total. The number of hydrogen-bond acceptors (Lipinski definition) is 3. The van der Waals surface area contributed by atoms with E-state index in [1.54, 1.807) is 6.07 Å². The normalized spacial score (nSPS) is 10.8. The van der Waals surface area contributed by atoms with Crippen LogP contribution < -0.4 is 11.1 Å². The number of carbonyl (C=O) groups is 1. The molecule has 0 unspecified atom stereocenters. The van der Waals surface area contributed by atoms with Gasteiger partial charge in [0.05, 0.1) is 5.69 Å². The summed E-state index contributed by atoms with van der Waals surface area (Å²) in [5.41, 5.74) is 7.30. The molecule has 0 bridgehead atoms. The van der Waals surface area contributed by atoms with Crippen molar-refractivity contribution in [2.24, 2.45) is 5.73 Å². The van der Waals surface area contributed by atoms with Crippen LogP contribution in [0.1, 0.15) is 24.3 Å². The highest BCUT2D eigenvalue weighted by molar-refractivity contribution is 5.93. The lowest BCUT2D eigenvalue weighted by molar-refractivity contribution is 0.0910. The minimum atomic E-state index is -0.435. The summed E-state index contributed by atoms with van der Waals surface area (Å²) in [5, 5.41) is 9.75. The summed E-state index contributed by atoms with van der Waals surface area (Å²) in [6, 6.07) is 11.4. The highest BCUT2D eigenvalue weighted by atomic mass is 35.5. The molecular formula is C14H19ClN4O. The summed E-state index contributed by atoms with van der Waals surface area (Å²) >= 11 is 0. The van der Waals surface area contributed by atoms with Crippen LogP contribution in [-0.4, -0.2) is 28.2 Å². The zero-order chi connectivity index (χ0) is 13.9. The number of aromatic nitrogens is 2. The minimum Gasteiger partial charge on any atom is -0.345 e. The fraction of sp³-hybridized carbons (Fsp3) is 0.286. The number of carbonyl (C=O) groups excluding carboxylic acids is 1. The van der Waals surface area contributed by atoms with Gasteiger partial charge in [0, 0.05) is 17.6 Å². The first-order chi connectivity index (χ1) is 9.02. The van der Waals surface area contributed by atoms with Gasteiger partial charge < -0.3 is 11.1 Å². The topological polar surface area (TPSA) is 83.8 Å². The molecule has 0 saturated heterocycles. The number of hydrogen-bond donors (Lipinski definition) is 3. The van der Waals surface area contributed by atoms with E-state index in [4.69, 9.17) is 5.73 Å². The number of halogens is 1. The number of rotatable bonds is 4. The third-order valence-corrected chi connectivity index (χ3v) is 2.85. The summed E-state index contributed by atoms with van der Waals surface area (Å²) < 4.78 is 0. The van der Waals surface area contributed by atoms with E-state index in [9.17, 15) is 4.79 Å². The Morgan fingerprint density at radius 1 is 1.35 bits per heavy atom. The van der Waals surface area contributed by atoms with Crippen LogP contribution >= 0.6 is 12.4 Å². The van der Waals surface area contributed by atoms with Crippen LogP contribution in [-0.2, 0) is 0 Å². The van der Waals surface area contributed by atoms with Crippen LogP contribution in [0.2, 0.25) is 0 Å². The average molecular weight is 295 g/mol. The number of amides is 1. The number of nitrogens with two attached hydrogens (primary N) is 1. The molecule has 20 heavy (non-hydrogen) atoms. The molecule has 0 radical (unpaired) electrons. The highest BCUT2D eigenvalue weighted by Crippen LogP contribution is 2.17. The zero-order valence-corrected chi connectivity index (χ0v) is 12.3. The summed E-state index contributed by atoms with van der Waals surface area (Å²) in [6.45, 7) is 4.12. The fourth-order valence-corrected chi connectivity index (χ4v) is 1.62. The quantitative estimate of drug-likeness (QED) is 0.806. The van der Waals surface area contributed by atoms with Crippen molar-refractivity contribution in [1.29, 1.82) is 0 Å². The second-order valence-corrected chi connectivity index (χ2v) is 5.08. The predicted molar refractivity (Wildman–Crippen MR) is 81.9 cm³/mol. The van der Waals surface area contributed by atoms with E-state index in [0.29, 0.717) is 12.2 Å². The number of nitrogens with zero attached hydrogens (tertiary/aromatic N) is 1. The molecule has 0 aliphatic heterocycles. The van der Waals surface area contributed by atoms with E-state index >= 15 is 0 Å². The minimum absolute atomic E-state index is 0. The Morgan fingerprint density at radius 2 is 2.00 bits per heavy atom. The highest BCUT2D eigenvalue weighted by Gasteiger charge is 2.20. The number of nitrogens with one attached hydrogen (secondary N) is 2. The maximum absolute atomic E-state index is 12.0. The Labute approximate surface area is 124 Å². The Balaban J connectivity index is 0.00000200. The molecule has 1 heterocycles. The predicted octanol–water partition coefficient (Wildman–Crippen LogP) is 1.97. The van der Waals surface area contributed by atoms with Crippen molar-refractivity contribution in [3.63, 3.8) is 0 Å². The van der Waals surface area contributed by atoms with Gasteiger partial charge in [-0.1, -0.05) is 30.3 Å². The summed E-state index contributed by atoms with van der Waals surface area (Å²) in [7, 11) is 0. The Bertz CT molecular complexity index is 566. The van der Waals surface area contributed by atoms with Crippen LogP contribution in [0, 0.1) is 0 Å². The van der Waals surface area contributed by atoms with Gasteiger partial charge in [0.25, 0.3) is 5.91 Å². The van der Waals surface area contributed by atoms with E-state index < -0.39 is 5.54 Å². The molecule has 0 saturated carbocycles. The van der Waals surface area contributed by atoms with Crippen molar-refractivity contribution < 1.29 is 4.79 Å². The van der Waals surface area contributed by atoms with Crippen molar-refractivity contribution in [2.45, 2.75) is 19.4 Å². The number of benzene rings is 1. The van der Waals surface area contributed by atoms with Gasteiger partial charge in [0.15, 0.2) is 0 Å². The van der Waals surface area contributed by atoms with Crippen molar-refractivity contribution >= 4 is 18.3 Å². The smallest absolute Gasteiger partial charge is 0.269 e. The molecule has 0 spiro atoms. The van der Waals surface area contributed by atoms with Gasteiger partial charge in [-0.15, -0.1) is 12.4 Å². The Morgan fingerprint density at radius 3 is 2.60 bits per heavy atom. The van der Waals surface area contributed by atoms with E-state index in [0.717, 1.165) is 11.3 Å². The van der Waals surface area contributed by atoms with Gasteiger partial charge >= 0.3 is 0 Å². The second kappa shape index (κ2) is 6.54. The maximum Gasteiger partial charge on any atom is 0.269 e. The molecule has 0 fully saturated rings. The number of H-pyrrole nitrogens is 1. The molecule has 2 aromatic rings. The van der Waals surface area contributed by atoms with Crippen molar-refractivity contribution in [3.05, 3.63) is 42.1 Å². The fourth-order valence-electron chi connectivity index (χ4n) is 1.62. The molecular weight excluding hydrogens is 276 g/mol. The summed E-state index contributed by atoms with van der Waals surface area (Å²) in [6.07, 6.45) is 0. The third kappa shape index (κ3) is 3.82. The van der Waals surface area contributed by atoms with Crippen LogP contribution in [0.3, 0.4) is 0 Å². The molecule has 6 heteroatoms. The first-order valence-corrected chi connectivity index (χ1v) is 6.15. The lowest BCUT2D eigenvalue weighted by atomic mass is 10.1. The SMILES string of the molecule is CC(C)(CN)NC(=O)c1cc(-c2ccccc2)n[nH]1.Cl. The first-order valence-electron chi connectivity index (χ1n) is 6.15. The molecule has 0 aliphatic carbocycles. The second-order valence-electron chi connectivity index (χ2n) is 5.08. The van der Waals surface area contributed by atoms with Gasteiger partial charge in [-0.25, -0.2) is 0 Å². The Kier molecular flexibility index (Phi) is 5.30. The lowest BCUT2D eigenvalue weighted by Crippen LogP contribution is -2.48. The molecule has 1 aromatic heterocycles. The van der Waals surface area contributed by atoms with Crippen LogP contribution in [0.5, 0.6) is 0 Å². The van der Waals surface area contributed by atoms with Crippen LogP contribution in [0.15, 0.2) is 36.4 Å². The molecule has 2 rings (SSSR count). The van der Waals surface area contributed by atoms with Gasteiger partial charge in [-0.2, -0.15) is 5.10 Å². The summed E-state index contributed by atoms with van der Waals surface area (Å²) in [5.74, 6) is -0.204. The van der Waals surface area contributed by atoms with Crippen LogP contribution in [0.25, 0.3) is 11.3 Å². The maximum atomic E-state index is 12.0. The molecule has 0 aliphatic rings. The molecule has 4 N–H and O–H groups in total. The summed E-state index contributed by atoms with van der Waals surface area (Å²) in [4.78, 5) is 12.0. The monoisotopic (exact) mass is 294 g/mol. The van der Waals surface area contributed by atoms with Gasteiger partial charge in [-0.05, 0) is 19.9 Å². The van der Waals surface area contributed by atoms with Crippen LogP contribution in [0.4, 0.5) is 0 Å². The zero-order valence-electron chi connectivity index (χ0n) is 11.5. The van der Waals surface area contributed by atoms with E-state index in [1.165, 1.54) is 0 Å². The van der Waals surface area contributed by atoms with E-state index in [-0.39, 0.29) is 18.3 Å². The molecule has 1 amide bonds. The molecule has 1 aromatic carbocycles. The first kappa shape index (κ1) is 16.2. The lowest BCUT2D eigenvalue weighted by Gasteiger charge is -2.23. The third-order valence-electron chi connectivity index (χ3n) is 2.85. The van der Waals surface area contributed by atoms with Crippen molar-refractivity contribution in [3.8, 4) is 11.3 Å². The van der Waals surface area contributed by atoms with Crippen molar-refractivity contribution in [1.82, 2.24) is 15.5 Å². The average Bonchev–Trinajstić information content (AvgIpc) is 2.89. The van der Waals surface area contributed by atoms with Gasteiger partial charge in [0.2, 0.25) is 0 Å². The van der Waals surface area contributed by atoms with E-state index in [2.05, 4.69) is 15.5 Å². The van der Waals surface area contributed by atoms with Gasteiger partial charge in [0.1, 0.15) is 5.69 Å². The largest absolute Gasteiger partial charge is 0.345 e. The number of aromatic amines is 1. The van der Waals surface area contributed by atoms with Crippen molar-refractivity contribution in [2.75, 3.05) is 6.54 Å². The Hall–Kier alpha value is -1.85. The standard InChI is InChI=1S/C14H18N4O.ClH/c1-14(2,9-15)16-13(19)12-8-11(17-18-12)10-6-4-3-5-7-10;/h3-8H,9,15H2,1-2H3,(H,16,19)(H,17,18);1H. The van der Waals surface area contributed by atoms with Gasteiger partial charge in [-0.3, -0.25) is 9.89 Å². The van der Waals surface area contributed by atoms with E-state index in [1.807, 2.05) is 44.2 Å².